The molecular formula is C15H24N2O3. The van der Waals surface area contributed by atoms with Gasteiger partial charge in [0.05, 0.1) is 13.7 Å². The van der Waals surface area contributed by atoms with Crippen LogP contribution in [0.5, 0.6) is 5.75 Å². The highest BCUT2D eigenvalue weighted by molar-refractivity contribution is 5.75. The fourth-order valence-electron chi connectivity index (χ4n) is 1.91. The number of carbonyl (C=O) groups is 1. The van der Waals surface area contributed by atoms with E-state index < -0.39 is 0 Å². The van der Waals surface area contributed by atoms with Gasteiger partial charge in [-0.2, -0.15) is 0 Å². The molecule has 1 rings (SSSR count). The Hall–Kier alpha value is -1.75. The number of rotatable bonds is 8. The zero-order valence-electron chi connectivity index (χ0n) is 12.7. The molecule has 0 aliphatic heterocycles. The first-order valence-electron chi connectivity index (χ1n) is 6.81. The van der Waals surface area contributed by atoms with Gasteiger partial charge in [-0.15, -0.1) is 0 Å². The van der Waals surface area contributed by atoms with Gasteiger partial charge < -0.3 is 19.7 Å². The zero-order chi connectivity index (χ0) is 15.0. The number of carbonyl (C=O) groups excluding carboxylic acids is 1. The summed E-state index contributed by atoms with van der Waals surface area (Å²) in [6.07, 6.45) is 0.692. The number of anilines is 1. The van der Waals surface area contributed by atoms with Crippen LogP contribution >= 0.6 is 0 Å². The molecule has 1 unspecified atom stereocenters. The van der Waals surface area contributed by atoms with Gasteiger partial charge in [0.1, 0.15) is 11.8 Å². The Kier molecular flexibility index (Phi) is 6.87. The quantitative estimate of drug-likeness (QED) is 0.734. The molecule has 0 amide bonds. The average Bonchev–Trinajstić information content (AvgIpc) is 2.48. The predicted octanol–water partition coefficient (Wildman–Crippen LogP) is 1.67. The molecule has 20 heavy (non-hydrogen) atoms. The molecule has 1 aromatic rings. The van der Waals surface area contributed by atoms with Crippen LogP contribution in [-0.4, -0.2) is 46.4 Å². The summed E-state index contributed by atoms with van der Waals surface area (Å²) in [6, 6.07) is 7.57. The molecule has 0 saturated heterocycles. The van der Waals surface area contributed by atoms with Gasteiger partial charge in [-0.05, 0) is 44.7 Å². The van der Waals surface area contributed by atoms with E-state index in [-0.39, 0.29) is 12.0 Å². The molecule has 0 bridgehead atoms. The summed E-state index contributed by atoms with van der Waals surface area (Å²) >= 11 is 0. The highest BCUT2D eigenvalue weighted by Gasteiger charge is 2.17. The van der Waals surface area contributed by atoms with Gasteiger partial charge in [0, 0.05) is 19.3 Å². The van der Waals surface area contributed by atoms with Crippen LogP contribution in [0.4, 0.5) is 5.69 Å². The molecule has 5 heteroatoms. The summed E-state index contributed by atoms with van der Waals surface area (Å²) in [5.41, 5.74) is 1.09. The van der Waals surface area contributed by atoms with Crippen molar-refractivity contribution in [1.82, 2.24) is 5.32 Å². The third-order valence-electron chi connectivity index (χ3n) is 3.19. The van der Waals surface area contributed by atoms with Crippen LogP contribution < -0.4 is 15.0 Å². The standard InChI is InChI=1S/C15H24N2O3/c1-5-20-15(18)14(16-2)10-11-17(3)12-6-8-13(19-4)9-7-12/h6-9,14,16H,5,10-11H2,1-4H3. The van der Waals surface area contributed by atoms with Crippen molar-refractivity contribution in [2.45, 2.75) is 19.4 Å². The predicted molar refractivity (Wildman–Crippen MR) is 80.4 cm³/mol. The molecule has 112 valence electrons. The lowest BCUT2D eigenvalue weighted by molar-refractivity contribution is -0.145. The highest BCUT2D eigenvalue weighted by Crippen LogP contribution is 2.18. The van der Waals surface area contributed by atoms with E-state index in [0.717, 1.165) is 18.0 Å². The number of nitrogens with zero attached hydrogens (tertiary/aromatic N) is 1. The molecular weight excluding hydrogens is 256 g/mol. The number of esters is 1. The first kappa shape index (κ1) is 16.3. The minimum Gasteiger partial charge on any atom is -0.497 e. The van der Waals surface area contributed by atoms with Gasteiger partial charge in [-0.1, -0.05) is 0 Å². The largest absolute Gasteiger partial charge is 0.497 e. The molecule has 0 fully saturated rings. The number of hydrogen-bond acceptors (Lipinski definition) is 5. The molecule has 0 saturated carbocycles. The van der Waals surface area contributed by atoms with Gasteiger partial charge in [0.2, 0.25) is 0 Å². The molecule has 5 nitrogen and oxygen atoms in total. The second-order valence-electron chi connectivity index (χ2n) is 4.50. The normalized spacial score (nSPS) is 11.8. The zero-order valence-corrected chi connectivity index (χ0v) is 12.7. The minimum atomic E-state index is -0.268. The molecule has 0 spiro atoms. The number of nitrogens with one attached hydrogen (secondary N) is 1. The fraction of sp³-hybridized carbons (Fsp3) is 0.533. The lowest BCUT2D eigenvalue weighted by Crippen LogP contribution is -2.38. The van der Waals surface area contributed by atoms with E-state index >= 15 is 0 Å². The lowest BCUT2D eigenvalue weighted by atomic mass is 10.2. The molecule has 0 aromatic heterocycles. The maximum absolute atomic E-state index is 11.7. The van der Waals surface area contributed by atoms with Crippen molar-refractivity contribution in [2.24, 2.45) is 0 Å². The Bertz CT molecular complexity index is 406. The summed E-state index contributed by atoms with van der Waals surface area (Å²) in [5.74, 6) is 0.639. The second-order valence-corrected chi connectivity index (χ2v) is 4.50. The van der Waals surface area contributed by atoms with E-state index in [2.05, 4.69) is 10.2 Å². The number of likely N-dealkylation sites (N-methyl/N-ethyl adjacent to an activating group) is 1. The Morgan fingerprint density at radius 2 is 2.00 bits per heavy atom. The number of benzene rings is 1. The maximum atomic E-state index is 11.7. The van der Waals surface area contributed by atoms with E-state index in [9.17, 15) is 4.79 Å². The average molecular weight is 280 g/mol. The third kappa shape index (κ3) is 4.74. The van der Waals surface area contributed by atoms with Crippen LogP contribution in [0.1, 0.15) is 13.3 Å². The van der Waals surface area contributed by atoms with Crippen molar-refractivity contribution in [1.29, 1.82) is 0 Å². The van der Waals surface area contributed by atoms with Crippen LogP contribution in [0.3, 0.4) is 0 Å². The van der Waals surface area contributed by atoms with Crippen molar-refractivity contribution >= 4 is 11.7 Å². The van der Waals surface area contributed by atoms with Crippen LogP contribution in [-0.2, 0) is 9.53 Å². The van der Waals surface area contributed by atoms with Gasteiger partial charge in [0.25, 0.3) is 0 Å². The van der Waals surface area contributed by atoms with Crippen LogP contribution in [0.15, 0.2) is 24.3 Å². The van der Waals surface area contributed by atoms with Crippen molar-refractivity contribution in [2.75, 3.05) is 39.3 Å². The molecule has 0 heterocycles. The van der Waals surface area contributed by atoms with Crippen LogP contribution in [0.2, 0.25) is 0 Å². The van der Waals surface area contributed by atoms with Crippen LogP contribution in [0, 0.1) is 0 Å². The highest BCUT2D eigenvalue weighted by atomic mass is 16.5. The number of ether oxygens (including phenoxy) is 2. The molecule has 0 radical (unpaired) electrons. The van der Waals surface area contributed by atoms with Crippen LogP contribution in [0.25, 0.3) is 0 Å². The van der Waals surface area contributed by atoms with E-state index in [1.165, 1.54) is 0 Å². The van der Waals surface area contributed by atoms with Gasteiger partial charge in [0.15, 0.2) is 0 Å². The molecule has 0 aliphatic rings. The van der Waals surface area contributed by atoms with Crippen molar-refractivity contribution < 1.29 is 14.3 Å². The Balaban J connectivity index is 2.51. The number of methoxy groups -OCH3 is 1. The first-order chi connectivity index (χ1) is 9.62. The van der Waals surface area contributed by atoms with E-state index in [0.29, 0.717) is 13.0 Å². The van der Waals surface area contributed by atoms with Crippen molar-refractivity contribution in [3.63, 3.8) is 0 Å². The Labute approximate surface area is 120 Å². The summed E-state index contributed by atoms with van der Waals surface area (Å²) < 4.78 is 10.2. The van der Waals surface area contributed by atoms with E-state index in [1.807, 2.05) is 38.2 Å². The minimum absolute atomic E-state index is 0.196. The SMILES string of the molecule is CCOC(=O)C(CCN(C)c1ccc(OC)cc1)NC. The Morgan fingerprint density at radius 3 is 2.50 bits per heavy atom. The first-order valence-corrected chi connectivity index (χ1v) is 6.81. The van der Waals surface area contributed by atoms with Crippen molar-refractivity contribution in [3.05, 3.63) is 24.3 Å². The lowest BCUT2D eigenvalue weighted by Gasteiger charge is -2.22. The molecule has 1 aromatic carbocycles. The molecule has 1 N–H and O–H groups in total. The fourth-order valence-corrected chi connectivity index (χ4v) is 1.91. The monoisotopic (exact) mass is 280 g/mol. The van der Waals surface area contributed by atoms with Gasteiger partial charge >= 0.3 is 5.97 Å². The number of hydrogen-bond donors (Lipinski definition) is 1. The summed E-state index contributed by atoms with van der Waals surface area (Å²) in [4.78, 5) is 13.8. The topological polar surface area (TPSA) is 50.8 Å². The smallest absolute Gasteiger partial charge is 0.323 e. The molecule has 0 aliphatic carbocycles. The van der Waals surface area contributed by atoms with Gasteiger partial charge in [-0.25, -0.2) is 0 Å². The summed E-state index contributed by atoms with van der Waals surface area (Å²) in [5, 5.41) is 2.99. The third-order valence-corrected chi connectivity index (χ3v) is 3.19. The summed E-state index contributed by atoms with van der Waals surface area (Å²) in [7, 11) is 5.42. The van der Waals surface area contributed by atoms with E-state index in [1.54, 1.807) is 14.2 Å². The second kappa shape index (κ2) is 8.43. The maximum Gasteiger partial charge on any atom is 0.323 e. The van der Waals surface area contributed by atoms with E-state index in [4.69, 9.17) is 9.47 Å². The molecule has 1 atom stereocenters. The Morgan fingerprint density at radius 1 is 1.35 bits per heavy atom. The van der Waals surface area contributed by atoms with Crippen molar-refractivity contribution in [3.8, 4) is 5.75 Å². The summed E-state index contributed by atoms with van der Waals surface area (Å²) in [6.45, 7) is 2.98. The van der Waals surface area contributed by atoms with Gasteiger partial charge in [-0.3, -0.25) is 4.79 Å².